The maximum absolute atomic E-state index is 6.12. The Hall–Kier alpha value is -1.78. The number of aromatic nitrogens is 3. The summed E-state index contributed by atoms with van der Waals surface area (Å²) < 4.78 is 7.38. The van der Waals surface area contributed by atoms with Crippen LogP contribution in [0.25, 0.3) is 5.65 Å². The Kier molecular flexibility index (Phi) is 3.27. The van der Waals surface area contributed by atoms with Crippen LogP contribution in [-0.4, -0.2) is 14.6 Å². The Labute approximate surface area is 119 Å². The topological polar surface area (TPSA) is 39.4 Å². The molecule has 0 saturated carbocycles. The average Bonchev–Trinajstić information content (AvgIpc) is 2.83. The smallest absolute Gasteiger partial charge is 0.176 e. The summed E-state index contributed by atoms with van der Waals surface area (Å²) in [6, 6.07) is 12.6. The largest absolute Gasteiger partial charge is 0.486 e. The van der Waals surface area contributed by atoms with Crippen LogP contribution in [0.1, 0.15) is 5.82 Å². The average molecular weight is 294 g/mol. The van der Waals surface area contributed by atoms with E-state index in [0.717, 1.165) is 0 Å². The van der Waals surface area contributed by atoms with Gasteiger partial charge in [0.1, 0.15) is 17.5 Å². The second-order valence-electron chi connectivity index (χ2n) is 3.90. The molecular formula is C13H9Cl2N3O. The number of pyridine rings is 1. The first kappa shape index (κ1) is 12.3. The molecule has 0 radical (unpaired) electrons. The van der Waals surface area contributed by atoms with Gasteiger partial charge in [-0.15, -0.1) is 10.2 Å². The van der Waals surface area contributed by atoms with Crippen LogP contribution in [0.5, 0.6) is 5.75 Å². The van der Waals surface area contributed by atoms with Crippen molar-refractivity contribution in [3.05, 3.63) is 58.5 Å². The molecule has 0 bridgehead atoms. The summed E-state index contributed by atoms with van der Waals surface area (Å²) in [5.74, 6) is 1.36. The minimum Gasteiger partial charge on any atom is -0.486 e. The zero-order valence-corrected chi connectivity index (χ0v) is 11.3. The number of rotatable bonds is 3. The molecule has 2 heterocycles. The van der Waals surface area contributed by atoms with Gasteiger partial charge in [-0.05, 0) is 36.4 Å². The van der Waals surface area contributed by atoms with E-state index in [1.165, 1.54) is 0 Å². The molecule has 0 aliphatic heterocycles. The number of fused-ring (bicyclic) bond motifs is 1. The molecule has 6 heteroatoms. The lowest BCUT2D eigenvalue weighted by Gasteiger charge is -2.05. The lowest BCUT2D eigenvalue weighted by atomic mass is 10.3. The maximum Gasteiger partial charge on any atom is 0.176 e. The molecule has 0 atom stereocenters. The standard InChI is InChI=1S/C13H9Cl2N3O/c14-9-4-6-10(7-5-9)19-8-13-17-16-12-3-1-2-11(15)18(12)13/h1-7H,8H2. The summed E-state index contributed by atoms with van der Waals surface area (Å²) in [4.78, 5) is 0. The molecule has 0 saturated heterocycles. The first-order valence-electron chi connectivity index (χ1n) is 5.61. The summed E-state index contributed by atoms with van der Waals surface area (Å²) in [6.07, 6.45) is 0. The lowest BCUT2D eigenvalue weighted by Crippen LogP contribution is -2.02. The second-order valence-corrected chi connectivity index (χ2v) is 4.72. The van der Waals surface area contributed by atoms with Crippen molar-refractivity contribution < 1.29 is 4.74 Å². The molecule has 0 fully saturated rings. The van der Waals surface area contributed by atoms with Gasteiger partial charge in [0.15, 0.2) is 11.5 Å². The third-order valence-electron chi connectivity index (χ3n) is 2.63. The molecule has 4 nitrogen and oxygen atoms in total. The van der Waals surface area contributed by atoms with Gasteiger partial charge in [-0.25, -0.2) is 0 Å². The van der Waals surface area contributed by atoms with E-state index >= 15 is 0 Å². The normalized spacial score (nSPS) is 10.8. The number of nitrogens with zero attached hydrogens (tertiary/aromatic N) is 3. The van der Waals surface area contributed by atoms with E-state index in [-0.39, 0.29) is 6.61 Å². The van der Waals surface area contributed by atoms with Gasteiger partial charge in [-0.1, -0.05) is 29.3 Å². The quantitative estimate of drug-likeness (QED) is 0.693. The Morgan fingerprint density at radius 3 is 2.58 bits per heavy atom. The van der Waals surface area contributed by atoms with Crippen LogP contribution in [0.2, 0.25) is 10.2 Å². The minimum absolute atomic E-state index is 0.284. The molecule has 0 amide bonds. The van der Waals surface area contributed by atoms with E-state index < -0.39 is 0 Å². The van der Waals surface area contributed by atoms with Crippen LogP contribution < -0.4 is 4.74 Å². The van der Waals surface area contributed by atoms with Crippen molar-refractivity contribution in [1.82, 2.24) is 14.6 Å². The van der Waals surface area contributed by atoms with E-state index in [0.29, 0.717) is 27.4 Å². The van der Waals surface area contributed by atoms with E-state index in [9.17, 15) is 0 Å². The van der Waals surface area contributed by atoms with Crippen LogP contribution in [0.15, 0.2) is 42.5 Å². The number of hydrogen-bond acceptors (Lipinski definition) is 3. The minimum atomic E-state index is 0.284. The van der Waals surface area contributed by atoms with Gasteiger partial charge in [-0.2, -0.15) is 0 Å². The van der Waals surface area contributed by atoms with Crippen LogP contribution >= 0.6 is 23.2 Å². The number of halogens is 2. The second kappa shape index (κ2) is 5.07. The number of hydrogen-bond donors (Lipinski definition) is 0. The van der Waals surface area contributed by atoms with Crippen molar-refractivity contribution in [2.75, 3.05) is 0 Å². The Morgan fingerprint density at radius 2 is 1.79 bits per heavy atom. The van der Waals surface area contributed by atoms with E-state index in [2.05, 4.69) is 10.2 Å². The summed E-state index contributed by atoms with van der Waals surface area (Å²) in [5.41, 5.74) is 0.696. The zero-order valence-electron chi connectivity index (χ0n) is 9.75. The third-order valence-corrected chi connectivity index (χ3v) is 3.18. The highest BCUT2D eigenvalue weighted by Gasteiger charge is 2.08. The van der Waals surface area contributed by atoms with Crippen molar-refractivity contribution in [3.63, 3.8) is 0 Å². The fourth-order valence-electron chi connectivity index (χ4n) is 1.73. The highest BCUT2D eigenvalue weighted by molar-refractivity contribution is 6.30. The number of benzene rings is 1. The number of ether oxygens (including phenoxy) is 1. The van der Waals surface area contributed by atoms with E-state index in [4.69, 9.17) is 27.9 Å². The van der Waals surface area contributed by atoms with E-state index in [1.807, 2.05) is 12.1 Å². The van der Waals surface area contributed by atoms with Gasteiger partial charge in [-0.3, -0.25) is 4.40 Å². The van der Waals surface area contributed by atoms with Gasteiger partial charge < -0.3 is 4.74 Å². The van der Waals surface area contributed by atoms with Crippen molar-refractivity contribution in [2.45, 2.75) is 6.61 Å². The predicted molar refractivity (Wildman–Crippen MR) is 73.8 cm³/mol. The first-order valence-corrected chi connectivity index (χ1v) is 6.36. The summed E-state index contributed by atoms with van der Waals surface area (Å²) in [7, 11) is 0. The van der Waals surface area contributed by atoms with Gasteiger partial charge in [0.25, 0.3) is 0 Å². The Bertz CT molecular complexity index is 709. The molecule has 0 aliphatic carbocycles. The molecule has 96 valence electrons. The monoisotopic (exact) mass is 293 g/mol. The van der Waals surface area contributed by atoms with Crippen LogP contribution in [0.3, 0.4) is 0 Å². The highest BCUT2D eigenvalue weighted by atomic mass is 35.5. The molecule has 0 aliphatic rings. The lowest BCUT2D eigenvalue weighted by molar-refractivity contribution is 0.294. The molecule has 1 aromatic carbocycles. The zero-order chi connectivity index (χ0) is 13.2. The van der Waals surface area contributed by atoms with E-state index in [1.54, 1.807) is 34.7 Å². The fraction of sp³-hybridized carbons (Fsp3) is 0.0769. The Balaban J connectivity index is 1.84. The maximum atomic E-state index is 6.12. The van der Waals surface area contributed by atoms with Crippen molar-refractivity contribution >= 4 is 28.8 Å². The van der Waals surface area contributed by atoms with Crippen molar-refractivity contribution in [1.29, 1.82) is 0 Å². The molecule has 0 unspecified atom stereocenters. The molecule has 0 N–H and O–H groups in total. The van der Waals surface area contributed by atoms with Gasteiger partial charge in [0.05, 0.1) is 0 Å². The van der Waals surface area contributed by atoms with Crippen LogP contribution in [0.4, 0.5) is 0 Å². The van der Waals surface area contributed by atoms with Gasteiger partial charge in [0.2, 0.25) is 0 Å². The molecule has 3 rings (SSSR count). The van der Waals surface area contributed by atoms with Crippen molar-refractivity contribution in [2.24, 2.45) is 0 Å². The van der Waals surface area contributed by atoms with Crippen LogP contribution in [0, 0.1) is 0 Å². The fourth-order valence-corrected chi connectivity index (χ4v) is 2.11. The third kappa shape index (κ3) is 2.50. The van der Waals surface area contributed by atoms with Gasteiger partial charge >= 0.3 is 0 Å². The summed E-state index contributed by atoms with van der Waals surface area (Å²) >= 11 is 11.9. The van der Waals surface area contributed by atoms with Gasteiger partial charge in [0, 0.05) is 5.02 Å². The molecular weight excluding hydrogens is 285 g/mol. The molecule has 3 aromatic rings. The molecule has 19 heavy (non-hydrogen) atoms. The SMILES string of the molecule is Clc1ccc(OCc2nnc3cccc(Cl)n23)cc1. The first-order chi connectivity index (χ1) is 9.24. The summed E-state index contributed by atoms with van der Waals surface area (Å²) in [6.45, 7) is 0.284. The van der Waals surface area contributed by atoms with Crippen LogP contribution in [-0.2, 0) is 6.61 Å². The van der Waals surface area contributed by atoms with Crippen molar-refractivity contribution in [3.8, 4) is 5.75 Å². The molecule has 2 aromatic heterocycles. The highest BCUT2D eigenvalue weighted by Crippen LogP contribution is 2.18. The predicted octanol–water partition coefficient (Wildman–Crippen LogP) is 3.62. The summed E-state index contributed by atoms with van der Waals surface area (Å²) in [5, 5.41) is 9.32. The molecule has 0 spiro atoms. The Morgan fingerprint density at radius 1 is 1.00 bits per heavy atom.